The quantitative estimate of drug-likeness (QED) is 0.485. The van der Waals surface area contributed by atoms with Crippen molar-refractivity contribution >= 4 is 23.6 Å². The van der Waals surface area contributed by atoms with Gasteiger partial charge in [0.25, 0.3) is 5.69 Å². The number of nitro groups is 1. The molecule has 0 aliphatic rings. The van der Waals surface area contributed by atoms with Gasteiger partial charge in [-0.15, -0.1) is 0 Å². The van der Waals surface area contributed by atoms with E-state index in [-0.39, 0.29) is 10.7 Å². The summed E-state index contributed by atoms with van der Waals surface area (Å²) in [5.74, 6) is 0. The van der Waals surface area contributed by atoms with Crippen LogP contribution in [0.1, 0.15) is 10.4 Å². The van der Waals surface area contributed by atoms with Gasteiger partial charge in [0.2, 0.25) is 0 Å². The monoisotopic (exact) mass is 265 g/mol. The van der Waals surface area contributed by atoms with Gasteiger partial charge in [0.15, 0.2) is 6.29 Å². The van der Waals surface area contributed by atoms with E-state index in [4.69, 9.17) is 11.6 Å². The highest BCUT2D eigenvalue weighted by atomic mass is 35.5. The summed E-state index contributed by atoms with van der Waals surface area (Å²) in [5, 5.41) is 14.9. The molecule has 18 heavy (non-hydrogen) atoms. The summed E-state index contributed by atoms with van der Waals surface area (Å²) in [4.78, 5) is 21.0. The maximum atomic E-state index is 10.9. The minimum Gasteiger partial charge on any atom is -0.298 e. The first kappa shape index (κ1) is 12.3. The molecule has 7 heteroatoms. The molecular formula is C11H8ClN3O3. The van der Waals surface area contributed by atoms with Gasteiger partial charge in [-0.2, -0.15) is 5.10 Å². The normalized spacial score (nSPS) is 10.3. The second kappa shape index (κ2) is 4.58. The van der Waals surface area contributed by atoms with Crippen LogP contribution in [0.4, 0.5) is 5.69 Å². The molecule has 2 aromatic rings. The van der Waals surface area contributed by atoms with Crippen molar-refractivity contribution in [2.75, 3.05) is 0 Å². The highest BCUT2D eigenvalue weighted by molar-refractivity contribution is 6.33. The van der Waals surface area contributed by atoms with Gasteiger partial charge in [0.05, 0.1) is 15.5 Å². The first-order chi connectivity index (χ1) is 8.52. The molecule has 92 valence electrons. The number of hydrogen-bond donors (Lipinski definition) is 0. The van der Waals surface area contributed by atoms with E-state index in [1.54, 1.807) is 13.2 Å². The van der Waals surface area contributed by atoms with Crippen LogP contribution < -0.4 is 0 Å². The molecule has 0 unspecified atom stereocenters. The highest BCUT2D eigenvalue weighted by Gasteiger charge is 2.15. The molecule has 0 atom stereocenters. The fourth-order valence-corrected chi connectivity index (χ4v) is 1.88. The van der Waals surface area contributed by atoms with E-state index in [0.717, 1.165) is 0 Å². The van der Waals surface area contributed by atoms with Crippen LogP contribution >= 0.6 is 11.6 Å². The molecule has 6 nitrogen and oxygen atoms in total. The second-order valence-electron chi connectivity index (χ2n) is 3.65. The van der Waals surface area contributed by atoms with E-state index in [1.807, 2.05) is 0 Å². The van der Waals surface area contributed by atoms with Crippen molar-refractivity contribution in [3.63, 3.8) is 0 Å². The third-order valence-corrected chi connectivity index (χ3v) is 2.72. The Balaban J connectivity index is 2.57. The molecule has 0 amide bonds. The maximum Gasteiger partial charge on any atom is 0.270 e. The summed E-state index contributed by atoms with van der Waals surface area (Å²) in [7, 11) is 1.68. The number of aryl methyl sites for hydroxylation is 1. The van der Waals surface area contributed by atoms with E-state index in [1.165, 1.54) is 22.9 Å². The summed E-state index contributed by atoms with van der Waals surface area (Å²) in [6.45, 7) is 0. The zero-order valence-corrected chi connectivity index (χ0v) is 10.1. The van der Waals surface area contributed by atoms with Crippen LogP contribution in [-0.4, -0.2) is 21.0 Å². The van der Waals surface area contributed by atoms with E-state index < -0.39 is 4.92 Å². The van der Waals surface area contributed by atoms with Crippen LogP contribution in [0, 0.1) is 10.1 Å². The molecule has 0 spiro atoms. The molecule has 1 aromatic carbocycles. The fraction of sp³-hybridized carbons (Fsp3) is 0.0909. The van der Waals surface area contributed by atoms with E-state index in [2.05, 4.69) is 5.10 Å². The minimum absolute atomic E-state index is 0.104. The van der Waals surface area contributed by atoms with Gasteiger partial charge in [-0.1, -0.05) is 11.6 Å². The van der Waals surface area contributed by atoms with Crippen molar-refractivity contribution in [2.45, 2.75) is 0 Å². The molecule has 0 N–H and O–H groups in total. The Hall–Kier alpha value is -2.21. The van der Waals surface area contributed by atoms with Crippen LogP contribution in [0.25, 0.3) is 11.3 Å². The zero-order chi connectivity index (χ0) is 13.3. The molecule has 0 fully saturated rings. The first-order valence-corrected chi connectivity index (χ1v) is 5.34. The molecular weight excluding hydrogens is 258 g/mol. The average Bonchev–Trinajstić information content (AvgIpc) is 2.70. The smallest absolute Gasteiger partial charge is 0.270 e. The summed E-state index contributed by atoms with van der Waals surface area (Å²) >= 11 is 5.98. The predicted molar refractivity (Wildman–Crippen MR) is 65.7 cm³/mol. The number of carbonyl (C=O) groups is 1. The summed E-state index contributed by atoms with van der Waals surface area (Å²) in [5.41, 5.74) is 1.18. The molecule has 2 rings (SSSR count). The standard InChI is InChI=1S/C11H8ClN3O3/c1-14-5-7(6-16)11(13-14)9-3-2-8(15(17)18)4-10(9)12/h2-6H,1H3. The van der Waals surface area contributed by atoms with Gasteiger partial charge < -0.3 is 0 Å². The van der Waals surface area contributed by atoms with Crippen molar-refractivity contribution in [1.29, 1.82) is 0 Å². The second-order valence-corrected chi connectivity index (χ2v) is 4.05. The van der Waals surface area contributed by atoms with Crippen LogP contribution in [0.2, 0.25) is 5.02 Å². The number of benzene rings is 1. The maximum absolute atomic E-state index is 10.9. The molecule has 1 aromatic heterocycles. The van der Waals surface area contributed by atoms with Gasteiger partial charge >= 0.3 is 0 Å². The number of carbonyl (C=O) groups excluding carboxylic acids is 1. The Morgan fingerprint density at radius 3 is 2.78 bits per heavy atom. The Kier molecular flexibility index (Phi) is 3.12. The highest BCUT2D eigenvalue weighted by Crippen LogP contribution is 2.31. The van der Waals surface area contributed by atoms with Crippen molar-refractivity contribution < 1.29 is 9.72 Å². The molecule has 1 heterocycles. The zero-order valence-electron chi connectivity index (χ0n) is 9.33. The van der Waals surface area contributed by atoms with E-state index in [9.17, 15) is 14.9 Å². The van der Waals surface area contributed by atoms with Crippen molar-refractivity contribution in [2.24, 2.45) is 7.05 Å². The number of aromatic nitrogens is 2. The molecule has 0 bridgehead atoms. The van der Waals surface area contributed by atoms with E-state index in [0.29, 0.717) is 23.1 Å². The number of halogens is 1. The summed E-state index contributed by atoms with van der Waals surface area (Å²) < 4.78 is 1.48. The van der Waals surface area contributed by atoms with Gasteiger partial charge in [0.1, 0.15) is 5.69 Å². The minimum atomic E-state index is -0.533. The van der Waals surface area contributed by atoms with Crippen LogP contribution in [0.3, 0.4) is 0 Å². The van der Waals surface area contributed by atoms with Crippen LogP contribution in [-0.2, 0) is 7.05 Å². The van der Waals surface area contributed by atoms with Crippen molar-refractivity contribution in [3.8, 4) is 11.3 Å². The largest absolute Gasteiger partial charge is 0.298 e. The van der Waals surface area contributed by atoms with Crippen molar-refractivity contribution in [3.05, 3.63) is 45.1 Å². The molecule has 0 saturated heterocycles. The molecule has 0 aliphatic carbocycles. The lowest BCUT2D eigenvalue weighted by atomic mass is 10.1. The van der Waals surface area contributed by atoms with E-state index >= 15 is 0 Å². The number of non-ortho nitro benzene ring substituents is 1. The Bertz CT molecular complexity index is 636. The van der Waals surface area contributed by atoms with Crippen LogP contribution in [0.15, 0.2) is 24.4 Å². The van der Waals surface area contributed by atoms with Gasteiger partial charge in [0, 0.05) is 30.9 Å². The summed E-state index contributed by atoms with van der Waals surface area (Å²) in [6.07, 6.45) is 2.22. The molecule has 0 aliphatic heterocycles. The van der Waals surface area contributed by atoms with Gasteiger partial charge in [-0.3, -0.25) is 19.6 Å². The Labute approximate surface area is 107 Å². The number of hydrogen-bond acceptors (Lipinski definition) is 4. The fourth-order valence-electron chi connectivity index (χ4n) is 1.61. The average molecular weight is 266 g/mol. The van der Waals surface area contributed by atoms with Crippen molar-refractivity contribution in [1.82, 2.24) is 9.78 Å². The predicted octanol–water partition coefficient (Wildman–Crippen LogP) is 2.46. The first-order valence-electron chi connectivity index (χ1n) is 4.96. The van der Waals surface area contributed by atoms with Gasteiger partial charge in [-0.05, 0) is 6.07 Å². The third-order valence-electron chi connectivity index (χ3n) is 2.40. The summed E-state index contributed by atoms with van der Waals surface area (Å²) in [6, 6.07) is 4.04. The van der Waals surface area contributed by atoms with Gasteiger partial charge in [-0.25, -0.2) is 0 Å². The van der Waals surface area contributed by atoms with Crippen LogP contribution in [0.5, 0.6) is 0 Å². The lowest BCUT2D eigenvalue weighted by Gasteiger charge is -2.01. The molecule has 0 saturated carbocycles. The lowest BCUT2D eigenvalue weighted by molar-refractivity contribution is -0.384. The third kappa shape index (κ3) is 2.10. The Morgan fingerprint density at radius 2 is 2.22 bits per heavy atom. The SMILES string of the molecule is Cn1cc(C=O)c(-c2ccc([N+](=O)[O-])cc2Cl)n1. The number of aldehydes is 1. The number of rotatable bonds is 3. The number of nitro benzene ring substituents is 1. The molecule has 0 radical (unpaired) electrons. The Morgan fingerprint density at radius 1 is 1.50 bits per heavy atom. The number of nitrogens with zero attached hydrogens (tertiary/aromatic N) is 3. The lowest BCUT2D eigenvalue weighted by Crippen LogP contribution is -1.91. The topological polar surface area (TPSA) is 78.0 Å².